The van der Waals surface area contributed by atoms with Crippen molar-refractivity contribution >= 4 is 5.91 Å². The maximum Gasteiger partial charge on any atom is 0.260 e. The first-order valence-electron chi connectivity index (χ1n) is 12.1. The number of likely N-dealkylation sites (N-methyl/N-ethyl adjacent to an activating group) is 1. The number of amides is 1. The zero-order valence-corrected chi connectivity index (χ0v) is 20.7. The standard InChI is InChI=1S/C29H36N2O4/c1-3-30(2)29(33)23-35-28-16-14-24(15-17-28)18-19-31(20-25-10-6-4-7-11-25)21-26(32)22-34-27-12-8-5-9-13-27/h4-17,26,32H,3,18-23H2,1-2H3. The Hall–Kier alpha value is -3.35. The van der Waals surface area contributed by atoms with Crippen molar-refractivity contribution in [2.45, 2.75) is 26.0 Å². The van der Waals surface area contributed by atoms with E-state index in [4.69, 9.17) is 9.47 Å². The number of nitrogens with zero attached hydrogens (tertiary/aromatic N) is 2. The number of benzene rings is 3. The zero-order valence-electron chi connectivity index (χ0n) is 20.7. The van der Waals surface area contributed by atoms with Gasteiger partial charge < -0.3 is 19.5 Å². The van der Waals surface area contributed by atoms with E-state index in [9.17, 15) is 9.90 Å². The number of ether oxygens (including phenoxy) is 2. The molecular weight excluding hydrogens is 440 g/mol. The molecule has 0 aliphatic carbocycles. The molecule has 3 aromatic carbocycles. The van der Waals surface area contributed by atoms with Crippen molar-refractivity contribution in [2.24, 2.45) is 0 Å². The van der Waals surface area contributed by atoms with Crippen molar-refractivity contribution in [1.29, 1.82) is 0 Å². The van der Waals surface area contributed by atoms with Crippen LogP contribution in [-0.4, -0.2) is 66.8 Å². The number of carbonyl (C=O) groups is 1. The molecule has 0 aliphatic heterocycles. The number of hydrogen-bond donors (Lipinski definition) is 1. The van der Waals surface area contributed by atoms with Gasteiger partial charge in [-0.1, -0.05) is 60.7 Å². The van der Waals surface area contributed by atoms with Gasteiger partial charge in [-0.2, -0.15) is 0 Å². The van der Waals surface area contributed by atoms with E-state index in [-0.39, 0.29) is 19.1 Å². The smallest absolute Gasteiger partial charge is 0.260 e. The van der Waals surface area contributed by atoms with Crippen LogP contribution in [0.4, 0.5) is 0 Å². The van der Waals surface area contributed by atoms with Crippen LogP contribution < -0.4 is 9.47 Å². The van der Waals surface area contributed by atoms with Gasteiger partial charge in [0, 0.05) is 33.2 Å². The van der Waals surface area contributed by atoms with Crippen LogP contribution in [0.5, 0.6) is 11.5 Å². The highest BCUT2D eigenvalue weighted by Crippen LogP contribution is 2.15. The van der Waals surface area contributed by atoms with E-state index in [1.807, 2.05) is 79.7 Å². The van der Waals surface area contributed by atoms with Crippen molar-refractivity contribution in [2.75, 3.05) is 39.9 Å². The maximum absolute atomic E-state index is 11.9. The van der Waals surface area contributed by atoms with Gasteiger partial charge in [-0.25, -0.2) is 0 Å². The molecule has 3 rings (SSSR count). The molecule has 1 amide bonds. The summed E-state index contributed by atoms with van der Waals surface area (Å²) in [6.45, 7) is 4.92. The minimum absolute atomic E-state index is 0.0390. The molecule has 0 aromatic heterocycles. The lowest BCUT2D eigenvalue weighted by Crippen LogP contribution is -2.36. The number of hydrogen-bond acceptors (Lipinski definition) is 5. The minimum Gasteiger partial charge on any atom is -0.491 e. The summed E-state index contributed by atoms with van der Waals surface area (Å²) < 4.78 is 11.4. The van der Waals surface area contributed by atoms with E-state index >= 15 is 0 Å². The Morgan fingerprint density at radius 2 is 1.49 bits per heavy atom. The topological polar surface area (TPSA) is 62.2 Å². The summed E-state index contributed by atoms with van der Waals surface area (Å²) in [6, 6.07) is 27.7. The molecule has 0 heterocycles. The van der Waals surface area contributed by atoms with Gasteiger partial charge in [-0.05, 0) is 48.7 Å². The van der Waals surface area contributed by atoms with Gasteiger partial charge in [0.05, 0.1) is 0 Å². The Labute approximate surface area is 208 Å². The SMILES string of the molecule is CCN(C)C(=O)COc1ccc(CCN(Cc2ccccc2)CC(O)COc2ccccc2)cc1. The lowest BCUT2D eigenvalue weighted by atomic mass is 10.1. The largest absolute Gasteiger partial charge is 0.491 e. The molecule has 0 spiro atoms. The van der Waals surface area contributed by atoms with Crippen molar-refractivity contribution in [3.8, 4) is 11.5 Å². The van der Waals surface area contributed by atoms with Crippen LogP contribution in [-0.2, 0) is 17.8 Å². The van der Waals surface area contributed by atoms with Crippen molar-refractivity contribution in [1.82, 2.24) is 9.80 Å². The second kappa shape index (κ2) is 14.1. The normalized spacial score (nSPS) is 11.8. The van der Waals surface area contributed by atoms with Gasteiger partial charge in [-0.15, -0.1) is 0 Å². The Morgan fingerprint density at radius 3 is 2.14 bits per heavy atom. The highest BCUT2D eigenvalue weighted by molar-refractivity contribution is 5.77. The number of aliphatic hydroxyl groups excluding tert-OH is 1. The van der Waals surface area contributed by atoms with E-state index in [0.717, 1.165) is 25.3 Å². The van der Waals surface area contributed by atoms with Gasteiger partial charge in [-0.3, -0.25) is 9.69 Å². The first-order valence-corrected chi connectivity index (χ1v) is 12.1. The minimum atomic E-state index is -0.603. The highest BCUT2D eigenvalue weighted by atomic mass is 16.5. The fraction of sp³-hybridized carbons (Fsp3) is 0.345. The molecule has 3 aromatic rings. The van der Waals surface area contributed by atoms with Crippen LogP contribution in [0.1, 0.15) is 18.1 Å². The third-order valence-corrected chi connectivity index (χ3v) is 5.81. The van der Waals surface area contributed by atoms with Gasteiger partial charge in [0.1, 0.15) is 24.2 Å². The van der Waals surface area contributed by atoms with Gasteiger partial charge in [0.15, 0.2) is 6.61 Å². The fourth-order valence-corrected chi connectivity index (χ4v) is 3.61. The number of carbonyl (C=O) groups excluding carboxylic acids is 1. The molecule has 35 heavy (non-hydrogen) atoms. The number of para-hydroxylation sites is 1. The Balaban J connectivity index is 1.53. The molecule has 0 bridgehead atoms. The third kappa shape index (κ3) is 9.43. The molecule has 1 N–H and O–H groups in total. The second-order valence-corrected chi connectivity index (χ2v) is 8.59. The first-order chi connectivity index (χ1) is 17.0. The van der Waals surface area contributed by atoms with Crippen molar-refractivity contribution < 1.29 is 19.4 Å². The number of aliphatic hydroxyl groups is 1. The van der Waals surface area contributed by atoms with E-state index in [1.54, 1.807) is 11.9 Å². The predicted octanol–water partition coefficient (Wildman–Crippen LogP) is 4.03. The molecule has 6 heteroatoms. The maximum atomic E-state index is 11.9. The summed E-state index contributed by atoms with van der Waals surface area (Å²) in [5.41, 5.74) is 2.37. The summed E-state index contributed by atoms with van der Waals surface area (Å²) in [6.07, 6.45) is 0.227. The number of rotatable bonds is 14. The predicted molar refractivity (Wildman–Crippen MR) is 139 cm³/mol. The Bertz CT molecular complexity index is 996. The fourth-order valence-electron chi connectivity index (χ4n) is 3.61. The molecule has 6 nitrogen and oxygen atoms in total. The van der Waals surface area contributed by atoms with Crippen LogP contribution >= 0.6 is 0 Å². The van der Waals surface area contributed by atoms with Crippen molar-refractivity contribution in [3.63, 3.8) is 0 Å². The summed E-state index contributed by atoms with van der Waals surface area (Å²) in [5, 5.41) is 10.6. The zero-order chi connectivity index (χ0) is 24.9. The second-order valence-electron chi connectivity index (χ2n) is 8.59. The first kappa shape index (κ1) is 26.3. The van der Waals surface area contributed by atoms with Crippen LogP contribution in [0.15, 0.2) is 84.9 Å². The van der Waals surface area contributed by atoms with E-state index < -0.39 is 6.10 Å². The lowest BCUT2D eigenvalue weighted by Gasteiger charge is -2.25. The molecule has 0 aliphatic rings. The summed E-state index contributed by atoms with van der Waals surface area (Å²) in [5.74, 6) is 1.40. The molecular formula is C29H36N2O4. The summed E-state index contributed by atoms with van der Waals surface area (Å²) in [7, 11) is 1.76. The average Bonchev–Trinajstić information content (AvgIpc) is 2.90. The van der Waals surface area contributed by atoms with Gasteiger partial charge >= 0.3 is 0 Å². The Morgan fingerprint density at radius 1 is 0.857 bits per heavy atom. The van der Waals surface area contributed by atoms with E-state index in [1.165, 1.54) is 11.1 Å². The highest BCUT2D eigenvalue weighted by Gasteiger charge is 2.14. The van der Waals surface area contributed by atoms with Crippen molar-refractivity contribution in [3.05, 3.63) is 96.1 Å². The molecule has 0 radical (unpaired) electrons. The van der Waals surface area contributed by atoms with E-state index in [0.29, 0.717) is 18.8 Å². The monoisotopic (exact) mass is 476 g/mol. The molecule has 0 saturated carbocycles. The van der Waals surface area contributed by atoms with Crippen LogP contribution in [0.2, 0.25) is 0 Å². The average molecular weight is 477 g/mol. The quantitative estimate of drug-likeness (QED) is 0.381. The molecule has 0 fully saturated rings. The van der Waals surface area contributed by atoms with Crippen LogP contribution in [0, 0.1) is 0 Å². The van der Waals surface area contributed by atoms with Crippen LogP contribution in [0.3, 0.4) is 0 Å². The van der Waals surface area contributed by atoms with E-state index in [2.05, 4.69) is 17.0 Å². The lowest BCUT2D eigenvalue weighted by molar-refractivity contribution is -0.131. The third-order valence-electron chi connectivity index (χ3n) is 5.81. The summed E-state index contributed by atoms with van der Waals surface area (Å²) in [4.78, 5) is 15.8. The summed E-state index contributed by atoms with van der Waals surface area (Å²) >= 11 is 0. The van der Waals surface area contributed by atoms with Gasteiger partial charge in [0.2, 0.25) is 0 Å². The Kier molecular flexibility index (Phi) is 10.6. The molecule has 1 atom stereocenters. The molecule has 0 saturated heterocycles. The van der Waals surface area contributed by atoms with Gasteiger partial charge in [0.25, 0.3) is 5.91 Å². The van der Waals surface area contributed by atoms with Crippen LogP contribution in [0.25, 0.3) is 0 Å². The molecule has 186 valence electrons. The molecule has 1 unspecified atom stereocenters.